The Morgan fingerprint density at radius 3 is 2.64 bits per heavy atom. The number of anilines is 1. The Morgan fingerprint density at radius 1 is 1.24 bits per heavy atom. The van der Waals surface area contributed by atoms with Crippen molar-refractivity contribution in [2.45, 2.75) is 39.0 Å². The van der Waals surface area contributed by atoms with Gasteiger partial charge in [0.15, 0.2) is 0 Å². The molecular formula is C18H20Cl2N3OS+. The number of rotatable bonds is 2. The van der Waals surface area contributed by atoms with Crippen LogP contribution in [0.1, 0.15) is 46.4 Å². The van der Waals surface area contributed by atoms with Gasteiger partial charge in [-0.15, -0.1) is 11.3 Å². The molecule has 1 aromatic heterocycles. The Morgan fingerprint density at radius 2 is 1.96 bits per heavy atom. The molecule has 7 heteroatoms. The van der Waals surface area contributed by atoms with Gasteiger partial charge in [-0.3, -0.25) is 4.79 Å². The monoisotopic (exact) mass is 396 g/mol. The highest BCUT2D eigenvalue weighted by atomic mass is 35.5. The molecule has 0 spiro atoms. The van der Waals surface area contributed by atoms with Gasteiger partial charge >= 0.3 is 0 Å². The first-order valence-electron chi connectivity index (χ1n) is 8.46. The fourth-order valence-electron chi connectivity index (χ4n) is 3.64. The highest BCUT2D eigenvalue weighted by Gasteiger charge is 2.36. The van der Waals surface area contributed by atoms with Crippen molar-refractivity contribution < 1.29 is 9.69 Å². The van der Waals surface area contributed by atoms with Crippen LogP contribution >= 0.6 is 34.5 Å². The summed E-state index contributed by atoms with van der Waals surface area (Å²) in [5, 5.41) is 8.48. The molecule has 4 nitrogen and oxygen atoms in total. The first-order valence-corrected chi connectivity index (χ1v) is 10.0. The van der Waals surface area contributed by atoms with E-state index in [-0.39, 0.29) is 5.91 Å². The van der Waals surface area contributed by atoms with Crippen LogP contribution in [-0.4, -0.2) is 18.5 Å². The number of hydrogen-bond donors (Lipinski definition) is 3. The summed E-state index contributed by atoms with van der Waals surface area (Å²) in [6.07, 6.45) is 0.538. The summed E-state index contributed by atoms with van der Waals surface area (Å²) in [7, 11) is 0. The van der Waals surface area contributed by atoms with E-state index in [2.05, 4.69) is 24.5 Å². The van der Waals surface area contributed by atoms with Crippen LogP contribution in [0.4, 0.5) is 5.00 Å². The molecule has 1 unspecified atom stereocenters. The first kappa shape index (κ1) is 17.2. The van der Waals surface area contributed by atoms with Crippen molar-refractivity contribution >= 4 is 45.4 Å². The zero-order valence-corrected chi connectivity index (χ0v) is 16.4. The molecular weight excluding hydrogens is 377 g/mol. The van der Waals surface area contributed by atoms with Crippen LogP contribution < -0.4 is 15.5 Å². The Bertz CT molecular complexity index is 829. The molecule has 2 aromatic rings. The molecule has 0 saturated heterocycles. The molecule has 132 valence electrons. The van der Waals surface area contributed by atoms with Crippen molar-refractivity contribution in [3.05, 3.63) is 49.8 Å². The second-order valence-electron chi connectivity index (χ2n) is 6.88. The number of benzene rings is 1. The quantitative estimate of drug-likeness (QED) is 0.729. The molecule has 0 fully saturated rings. The number of carbonyl (C=O) groups excluding carboxylic acids is 1. The van der Waals surface area contributed by atoms with E-state index in [1.807, 2.05) is 0 Å². The molecule has 3 heterocycles. The Kier molecular flexibility index (Phi) is 4.44. The number of halogens is 2. The molecule has 2 aliphatic heterocycles. The lowest BCUT2D eigenvalue weighted by Gasteiger charge is -2.29. The maximum atomic E-state index is 12.8. The predicted octanol–water partition coefficient (Wildman–Crippen LogP) is 3.26. The van der Waals surface area contributed by atoms with Gasteiger partial charge in [0, 0.05) is 22.0 Å². The minimum absolute atomic E-state index is 0.0415. The van der Waals surface area contributed by atoms with E-state index in [1.54, 1.807) is 34.4 Å². The van der Waals surface area contributed by atoms with E-state index in [4.69, 9.17) is 23.2 Å². The van der Waals surface area contributed by atoms with E-state index >= 15 is 0 Å². The van der Waals surface area contributed by atoms with Crippen LogP contribution in [0.2, 0.25) is 10.0 Å². The summed E-state index contributed by atoms with van der Waals surface area (Å²) < 4.78 is 0. The molecule has 1 aromatic carbocycles. The summed E-state index contributed by atoms with van der Waals surface area (Å²) in [5.41, 5.74) is 2.73. The molecule has 0 saturated carbocycles. The van der Waals surface area contributed by atoms with Crippen molar-refractivity contribution in [3.63, 3.8) is 0 Å². The number of quaternary nitrogens is 1. The summed E-state index contributed by atoms with van der Waals surface area (Å²) in [6.45, 7) is 6.54. The topological polar surface area (TPSA) is 45.6 Å². The van der Waals surface area contributed by atoms with Gasteiger partial charge in [0.1, 0.15) is 17.7 Å². The van der Waals surface area contributed by atoms with Crippen molar-refractivity contribution in [1.82, 2.24) is 5.32 Å². The number of hydrogen-bond acceptors (Lipinski definition) is 3. The Hall–Kier alpha value is -1.27. The SMILES string of the molecule is CC(C)[NH+]1CCc2c(sc3c2C(=O)N[C@@H](c2c(Cl)cccc2Cl)N3)C1. The summed E-state index contributed by atoms with van der Waals surface area (Å²) in [6, 6.07) is 5.96. The van der Waals surface area contributed by atoms with Gasteiger partial charge in [-0.1, -0.05) is 29.3 Å². The van der Waals surface area contributed by atoms with Crippen LogP contribution in [0.5, 0.6) is 0 Å². The van der Waals surface area contributed by atoms with E-state index in [0.717, 1.165) is 30.1 Å². The second kappa shape index (κ2) is 6.47. The fourth-order valence-corrected chi connectivity index (χ4v) is 5.58. The first-order chi connectivity index (χ1) is 12.0. The molecule has 2 atom stereocenters. The van der Waals surface area contributed by atoms with E-state index in [1.165, 1.54) is 10.4 Å². The molecule has 3 N–H and O–H groups in total. The largest absolute Gasteiger partial charge is 0.353 e. The number of carbonyl (C=O) groups is 1. The summed E-state index contributed by atoms with van der Waals surface area (Å²) in [5.74, 6) is -0.0415. The smallest absolute Gasteiger partial charge is 0.256 e. The van der Waals surface area contributed by atoms with E-state index < -0.39 is 6.17 Å². The lowest BCUT2D eigenvalue weighted by Crippen LogP contribution is -3.14. The third-order valence-corrected chi connectivity index (χ3v) is 6.88. The molecule has 2 aliphatic rings. The highest BCUT2D eigenvalue weighted by molar-refractivity contribution is 7.16. The molecule has 4 rings (SSSR count). The standard InChI is InChI=1S/C18H19Cl2N3OS/c1-9(2)23-7-6-10-13(8-23)25-18-14(10)17(24)21-16(22-18)15-11(19)4-3-5-12(15)20/h3-5,9,16,22H,6-8H2,1-2H3,(H,21,24)/p+1/t16-/m1/s1. The lowest BCUT2D eigenvalue weighted by molar-refractivity contribution is -0.936. The Balaban J connectivity index is 1.70. The summed E-state index contributed by atoms with van der Waals surface area (Å²) in [4.78, 5) is 15.7. The van der Waals surface area contributed by atoms with Gasteiger partial charge in [0.2, 0.25) is 0 Å². The van der Waals surface area contributed by atoms with E-state index in [0.29, 0.717) is 21.7 Å². The maximum Gasteiger partial charge on any atom is 0.256 e. The normalized spacial score (nSPS) is 22.2. The van der Waals surface area contributed by atoms with Crippen LogP contribution in [0.25, 0.3) is 0 Å². The highest BCUT2D eigenvalue weighted by Crippen LogP contribution is 2.41. The van der Waals surface area contributed by atoms with Crippen LogP contribution in [0, 0.1) is 0 Å². The number of amides is 1. The van der Waals surface area contributed by atoms with Crippen molar-refractivity contribution in [2.75, 3.05) is 11.9 Å². The number of thiophene rings is 1. The fraction of sp³-hybridized carbons (Fsp3) is 0.389. The average Bonchev–Trinajstić information content (AvgIpc) is 2.92. The van der Waals surface area contributed by atoms with Crippen molar-refractivity contribution in [3.8, 4) is 0 Å². The van der Waals surface area contributed by atoms with Gasteiger partial charge < -0.3 is 15.5 Å². The summed E-state index contributed by atoms with van der Waals surface area (Å²) >= 11 is 14.3. The predicted molar refractivity (Wildman–Crippen MR) is 103 cm³/mol. The van der Waals surface area contributed by atoms with Crippen LogP contribution in [-0.2, 0) is 13.0 Å². The second-order valence-corrected chi connectivity index (χ2v) is 8.80. The molecule has 0 aliphatic carbocycles. The van der Waals surface area contributed by atoms with Gasteiger partial charge in [0.05, 0.1) is 23.0 Å². The third kappa shape index (κ3) is 2.93. The van der Waals surface area contributed by atoms with Gasteiger partial charge in [-0.25, -0.2) is 0 Å². The number of nitrogens with one attached hydrogen (secondary N) is 3. The maximum absolute atomic E-state index is 12.8. The molecule has 0 radical (unpaired) electrons. The lowest BCUT2D eigenvalue weighted by atomic mass is 9.99. The minimum Gasteiger partial charge on any atom is -0.353 e. The third-order valence-electron chi connectivity index (χ3n) is 5.06. The number of fused-ring (bicyclic) bond motifs is 3. The average molecular weight is 397 g/mol. The molecule has 1 amide bonds. The molecule has 0 bridgehead atoms. The van der Waals surface area contributed by atoms with Gasteiger partial charge in [-0.2, -0.15) is 0 Å². The van der Waals surface area contributed by atoms with E-state index in [9.17, 15) is 4.79 Å². The van der Waals surface area contributed by atoms with Crippen LogP contribution in [0.3, 0.4) is 0 Å². The zero-order valence-electron chi connectivity index (χ0n) is 14.1. The minimum atomic E-state index is -0.408. The van der Waals surface area contributed by atoms with Crippen LogP contribution in [0.15, 0.2) is 18.2 Å². The van der Waals surface area contributed by atoms with Crippen molar-refractivity contribution in [1.29, 1.82) is 0 Å². The zero-order chi connectivity index (χ0) is 17.7. The molecule has 25 heavy (non-hydrogen) atoms. The van der Waals surface area contributed by atoms with Gasteiger partial charge in [0.25, 0.3) is 5.91 Å². The Labute approximate surface area is 161 Å². The van der Waals surface area contributed by atoms with Gasteiger partial charge in [-0.05, 0) is 31.5 Å². The van der Waals surface area contributed by atoms with Crippen molar-refractivity contribution in [2.24, 2.45) is 0 Å².